The molecule has 4 rings (SSSR count). The van der Waals surface area contributed by atoms with Crippen molar-refractivity contribution in [1.29, 1.82) is 0 Å². The Kier molecular flexibility index (Phi) is 19.7. The van der Waals surface area contributed by atoms with E-state index in [-0.39, 0.29) is 12.0 Å². The first-order chi connectivity index (χ1) is 31.3. The van der Waals surface area contributed by atoms with Gasteiger partial charge in [-0.2, -0.15) is 0 Å². The van der Waals surface area contributed by atoms with Gasteiger partial charge in [0.2, 0.25) is 0 Å². The van der Waals surface area contributed by atoms with Crippen LogP contribution in [0.25, 0.3) is 0 Å². The Labute approximate surface area is 405 Å². The van der Waals surface area contributed by atoms with Crippen molar-refractivity contribution in [2.24, 2.45) is 4.99 Å². The van der Waals surface area contributed by atoms with Gasteiger partial charge in [-0.3, -0.25) is 4.99 Å². The first-order valence-corrected chi connectivity index (χ1v) is 25.5. The normalized spacial score (nSPS) is 13.4. The molecule has 67 heavy (non-hydrogen) atoms. The van der Waals surface area contributed by atoms with E-state index < -0.39 is 50.7 Å². The van der Waals surface area contributed by atoms with E-state index in [4.69, 9.17) is 14.5 Å². The molecule has 0 heterocycles. The van der Waals surface area contributed by atoms with Gasteiger partial charge in [-0.1, -0.05) is 191 Å². The highest BCUT2D eigenvalue weighted by Crippen LogP contribution is 2.49. The number of hydrogen-bond acceptors (Lipinski definition) is 5. The Hall–Kier alpha value is -4.23. The summed E-state index contributed by atoms with van der Waals surface area (Å²) in [6.07, 6.45) is 15.4. The number of rotatable bonds is 23. The molecule has 0 amide bonds. The van der Waals surface area contributed by atoms with E-state index in [2.05, 4.69) is 121 Å². The molecule has 1 atom stereocenters. The molecular weight excluding hydrogens is 837 g/mol. The highest BCUT2D eigenvalue weighted by atomic mass is 19.1. The number of phenolic OH excluding ortho intramolecular Hbond substituents is 1. The fourth-order valence-corrected chi connectivity index (χ4v) is 8.90. The zero-order valence-corrected chi connectivity index (χ0v) is 44.0. The summed E-state index contributed by atoms with van der Waals surface area (Å²) in [6.45, 7) is 31.8. The zero-order valence-electron chi connectivity index (χ0n) is 44.0. The quantitative estimate of drug-likeness (QED) is 0.0574. The number of aliphatic hydroxyl groups is 1. The van der Waals surface area contributed by atoms with E-state index in [0.29, 0.717) is 30.4 Å². The zero-order chi connectivity index (χ0) is 49.8. The molecule has 0 aliphatic heterocycles. The van der Waals surface area contributed by atoms with Crippen LogP contribution in [0.4, 0.5) is 8.78 Å². The maximum Gasteiger partial charge on any atom is 0.168 e. The topological polar surface area (TPSA) is 71.3 Å². The van der Waals surface area contributed by atoms with Gasteiger partial charge in [0.15, 0.2) is 11.6 Å². The molecule has 0 spiro atoms. The minimum absolute atomic E-state index is 0.119. The molecule has 5 nitrogen and oxygen atoms in total. The maximum absolute atomic E-state index is 14.9. The number of halogens is 2. The van der Waals surface area contributed by atoms with E-state index in [0.717, 1.165) is 71.1 Å². The van der Waals surface area contributed by atoms with E-state index >= 15 is 0 Å². The van der Waals surface area contributed by atoms with Crippen molar-refractivity contribution in [3.63, 3.8) is 0 Å². The van der Waals surface area contributed by atoms with Crippen molar-refractivity contribution in [2.75, 3.05) is 13.2 Å². The number of benzene rings is 4. The molecule has 0 bridgehead atoms. The fourth-order valence-electron chi connectivity index (χ4n) is 8.90. The lowest BCUT2D eigenvalue weighted by atomic mass is 9.70. The van der Waals surface area contributed by atoms with Gasteiger partial charge in [-0.05, 0) is 87.9 Å². The fraction of sp³-hybridized carbons (Fsp3) is 0.583. The number of ether oxygens (including phenoxy) is 2. The molecule has 0 saturated heterocycles. The van der Waals surface area contributed by atoms with Crippen LogP contribution < -0.4 is 9.47 Å². The second kappa shape index (κ2) is 23.9. The second-order valence-electron chi connectivity index (χ2n) is 23.1. The molecule has 4 aromatic rings. The monoisotopic (exact) mass is 924 g/mol. The Morgan fingerprint density at radius 1 is 0.552 bits per heavy atom. The SMILES string of the molecule is CCCCCCCCOc1c(C(C)(C)C)cc(C(O)(c2cc(C(C)(C)C)c(OCCCCCCCC)c(C(C)(C)C)c2)C(Cc2ccccc2)N=Cc2cc(F)cc(F)c2O)cc1C(C)(C)C. The maximum atomic E-state index is 14.9. The molecule has 0 aromatic heterocycles. The third-order valence-electron chi connectivity index (χ3n) is 13.0. The summed E-state index contributed by atoms with van der Waals surface area (Å²) in [6, 6.07) is 19.1. The third-order valence-corrected chi connectivity index (χ3v) is 13.0. The van der Waals surface area contributed by atoms with Gasteiger partial charge in [-0.15, -0.1) is 0 Å². The lowest BCUT2D eigenvalue weighted by molar-refractivity contribution is 0.0520. The van der Waals surface area contributed by atoms with Crippen molar-refractivity contribution < 1.29 is 28.5 Å². The van der Waals surface area contributed by atoms with Crippen LogP contribution in [-0.2, 0) is 33.7 Å². The second-order valence-corrected chi connectivity index (χ2v) is 23.1. The minimum atomic E-state index is -1.86. The molecule has 1 unspecified atom stereocenters. The lowest BCUT2D eigenvalue weighted by Gasteiger charge is -2.40. The van der Waals surface area contributed by atoms with Gasteiger partial charge in [0.25, 0.3) is 0 Å². The number of aliphatic imine (C=N–C) groups is 1. The summed E-state index contributed by atoms with van der Waals surface area (Å²) in [5, 5.41) is 25.4. The summed E-state index contributed by atoms with van der Waals surface area (Å²) in [5.74, 6) is -0.951. The summed E-state index contributed by atoms with van der Waals surface area (Å²) < 4.78 is 43.5. The van der Waals surface area contributed by atoms with Crippen molar-refractivity contribution in [1.82, 2.24) is 0 Å². The highest BCUT2D eigenvalue weighted by molar-refractivity contribution is 5.83. The Morgan fingerprint density at radius 3 is 1.33 bits per heavy atom. The van der Waals surface area contributed by atoms with Crippen LogP contribution in [0, 0.1) is 11.6 Å². The largest absolute Gasteiger partial charge is 0.504 e. The van der Waals surface area contributed by atoms with Crippen LogP contribution >= 0.6 is 0 Å². The standard InChI is InChI=1S/C60H87F2NO4/c1-15-17-19-21-23-28-32-66-54-47(56(3,4)5)36-44(37-48(54)57(6,7)8)60(65,52(34-42-30-26-25-27-31-42)63-41-43-35-46(61)40-51(62)53(43)64)45-38-49(58(9,10)11)55(50(39-45)59(12,13)14)67-33-29-24-22-20-18-16-2/h25-27,30-31,35-41,52,64-65H,15-24,28-29,32-34H2,1-14H3. The first kappa shape index (κ1) is 55.4. The Morgan fingerprint density at radius 2 is 0.940 bits per heavy atom. The molecule has 0 fully saturated rings. The van der Waals surface area contributed by atoms with Crippen LogP contribution in [0.15, 0.2) is 71.7 Å². The number of hydrogen-bond donors (Lipinski definition) is 2. The van der Waals surface area contributed by atoms with Crippen molar-refractivity contribution in [2.45, 2.75) is 214 Å². The summed E-state index contributed by atoms with van der Waals surface area (Å²) in [7, 11) is 0. The first-order valence-electron chi connectivity index (χ1n) is 25.5. The van der Waals surface area contributed by atoms with Crippen LogP contribution in [0.2, 0.25) is 0 Å². The number of unbranched alkanes of at least 4 members (excludes halogenated alkanes) is 10. The highest BCUT2D eigenvalue weighted by Gasteiger charge is 2.45. The van der Waals surface area contributed by atoms with Gasteiger partial charge >= 0.3 is 0 Å². The molecule has 7 heteroatoms. The van der Waals surface area contributed by atoms with Crippen molar-refractivity contribution in [3.05, 3.63) is 123 Å². The van der Waals surface area contributed by atoms with E-state index in [1.54, 1.807) is 0 Å². The predicted octanol–water partition coefficient (Wildman–Crippen LogP) is 16.3. The van der Waals surface area contributed by atoms with Crippen LogP contribution in [0.3, 0.4) is 0 Å². The van der Waals surface area contributed by atoms with Crippen molar-refractivity contribution >= 4 is 6.21 Å². The summed E-state index contributed by atoms with van der Waals surface area (Å²) in [5.41, 5.74) is 2.45. The van der Waals surface area contributed by atoms with Gasteiger partial charge in [-0.25, -0.2) is 8.78 Å². The van der Waals surface area contributed by atoms with Crippen LogP contribution in [-0.4, -0.2) is 35.7 Å². The van der Waals surface area contributed by atoms with Gasteiger partial charge in [0.1, 0.15) is 22.9 Å². The van der Waals surface area contributed by atoms with Gasteiger partial charge < -0.3 is 19.7 Å². The van der Waals surface area contributed by atoms with E-state index in [1.807, 2.05) is 30.3 Å². The van der Waals surface area contributed by atoms with Crippen molar-refractivity contribution in [3.8, 4) is 17.2 Å². The average molecular weight is 924 g/mol. The number of phenols is 1. The lowest BCUT2D eigenvalue weighted by Crippen LogP contribution is -2.42. The molecule has 2 N–H and O–H groups in total. The van der Waals surface area contributed by atoms with E-state index in [1.165, 1.54) is 57.6 Å². The summed E-state index contributed by atoms with van der Waals surface area (Å²) in [4.78, 5) is 5.12. The average Bonchev–Trinajstić information content (AvgIpc) is 3.24. The Balaban J connectivity index is 2.14. The van der Waals surface area contributed by atoms with Crippen LogP contribution in [0.5, 0.6) is 17.2 Å². The third kappa shape index (κ3) is 15.1. The molecule has 0 aliphatic carbocycles. The van der Waals surface area contributed by atoms with Gasteiger partial charge in [0, 0.05) is 40.1 Å². The predicted molar refractivity (Wildman–Crippen MR) is 278 cm³/mol. The number of nitrogens with zero attached hydrogens (tertiary/aromatic N) is 1. The molecular formula is C60H87F2NO4. The molecule has 370 valence electrons. The molecule has 0 radical (unpaired) electrons. The summed E-state index contributed by atoms with van der Waals surface area (Å²) >= 11 is 0. The molecule has 4 aromatic carbocycles. The molecule has 0 aliphatic rings. The number of aromatic hydroxyl groups is 1. The molecule has 0 saturated carbocycles. The smallest absolute Gasteiger partial charge is 0.168 e. The Bertz CT molecular complexity index is 2030. The van der Waals surface area contributed by atoms with Gasteiger partial charge in [0.05, 0.1) is 19.3 Å². The van der Waals surface area contributed by atoms with E-state index in [9.17, 15) is 19.0 Å². The van der Waals surface area contributed by atoms with Crippen LogP contribution in [0.1, 0.15) is 218 Å². The minimum Gasteiger partial charge on any atom is -0.504 e.